The van der Waals surface area contributed by atoms with Crippen molar-refractivity contribution in [2.24, 2.45) is 0 Å². The Balaban J connectivity index is 2.00. The van der Waals surface area contributed by atoms with Crippen LogP contribution in [0.25, 0.3) is 16.9 Å². The molecular weight excluding hydrogens is 332 g/mol. The predicted octanol–water partition coefficient (Wildman–Crippen LogP) is 2.08. The molecule has 2 heterocycles. The summed E-state index contributed by atoms with van der Waals surface area (Å²) in [6.07, 6.45) is 5.75. The number of aromatic nitrogens is 4. The molecule has 132 valence electrons. The minimum Gasteiger partial charge on any atom is -0.348 e. The van der Waals surface area contributed by atoms with Gasteiger partial charge >= 0.3 is 0 Å². The van der Waals surface area contributed by atoms with Crippen molar-refractivity contribution < 1.29 is 9.59 Å². The van der Waals surface area contributed by atoms with Crippen LogP contribution in [0, 0.1) is 0 Å². The number of hydrogen-bond donors (Lipinski definition) is 2. The molecule has 0 aliphatic carbocycles. The molecule has 2 amide bonds. The second-order valence-electron chi connectivity index (χ2n) is 5.90. The molecule has 3 aromatic rings. The average molecular weight is 350 g/mol. The molecule has 0 unspecified atom stereocenters. The van der Waals surface area contributed by atoms with Gasteiger partial charge in [0.15, 0.2) is 5.82 Å². The van der Waals surface area contributed by atoms with Crippen LogP contribution in [-0.4, -0.2) is 37.4 Å². The Morgan fingerprint density at radius 1 is 1.27 bits per heavy atom. The Bertz CT molecular complexity index is 992. The third-order valence-electron chi connectivity index (χ3n) is 3.52. The number of carbonyl (C=O) groups is 2. The van der Waals surface area contributed by atoms with Gasteiger partial charge in [0.25, 0.3) is 5.91 Å². The van der Waals surface area contributed by atoms with Crippen LogP contribution in [0.15, 0.2) is 49.6 Å². The standard InChI is InChI=1S/C18H18N6O2/c1-4-17(25)22-12-5-6-13-15(7-12)24(10-20-13)16-9-19-8-14(23-16)18(26)21-11(2)3/h4-11H,1H2,2-3H3,(H,21,26)(H,22,25). The molecule has 0 fully saturated rings. The van der Waals surface area contributed by atoms with Crippen molar-refractivity contribution >= 4 is 28.5 Å². The van der Waals surface area contributed by atoms with Crippen molar-refractivity contribution in [3.05, 3.63) is 55.3 Å². The third-order valence-corrected chi connectivity index (χ3v) is 3.52. The van der Waals surface area contributed by atoms with Gasteiger partial charge in [0.1, 0.15) is 12.0 Å². The summed E-state index contributed by atoms with van der Waals surface area (Å²) in [6, 6.07) is 5.30. The molecule has 0 saturated carbocycles. The summed E-state index contributed by atoms with van der Waals surface area (Å²) < 4.78 is 1.71. The van der Waals surface area contributed by atoms with Gasteiger partial charge in [-0.15, -0.1) is 0 Å². The van der Waals surface area contributed by atoms with Gasteiger partial charge in [0.2, 0.25) is 5.91 Å². The zero-order chi connectivity index (χ0) is 18.7. The lowest BCUT2D eigenvalue weighted by molar-refractivity contribution is -0.111. The first-order valence-corrected chi connectivity index (χ1v) is 8.01. The summed E-state index contributed by atoms with van der Waals surface area (Å²) >= 11 is 0. The lowest BCUT2D eigenvalue weighted by Gasteiger charge is -2.09. The van der Waals surface area contributed by atoms with Crippen molar-refractivity contribution in [1.82, 2.24) is 24.8 Å². The number of imidazole rings is 1. The molecule has 1 aromatic carbocycles. The van der Waals surface area contributed by atoms with Gasteiger partial charge in [-0.3, -0.25) is 19.1 Å². The Morgan fingerprint density at radius 2 is 2.08 bits per heavy atom. The quantitative estimate of drug-likeness (QED) is 0.686. The van der Waals surface area contributed by atoms with Crippen LogP contribution in [-0.2, 0) is 4.79 Å². The van der Waals surface area contributed by atoms with E-state index in [0.29, 0.717) is 11.5 Å². The number of fused-ring (bicyclic) bond motifs is 1. The molecular formula is C18H18N6O2. The van der Waals surface area contributed by atoms with Crippen molar-refractivity contribution in [3.8, 4) is 5.82 Å². The van der Waals surface area contributed by atoms with Crippen LogP contribution in [0.5, 0.6) is 0 Å². The van der Waals surface area contributed by atoms with Crippen LogP contribution >= 0.6 is 0 Å². The second-order valence-corrected chi connectivity index (χ2v) is 5.90. The first-order chi connectivity index (χ1) is 12.5. The fraction of sp³-hybridized carbons (Fsp3) is 0.167. The SMILES string of the molecule is C=CC(=O)Nc1ccc2ncn(-c3cncc(C(=O)NC(C)C)n3)c2c1. The van der Waals surface area contributed by atoms with E-state index in [9.17, 15) is 9.59 Å². The molecule has 8 nitrogen and oxygen atoms in total. The molecule has 8 heteroatoms. The molecule has 0 spiro atoms. The van der Waals surface area contributed by atoms with E-state index in [1.54, 1.807) is 35.3 Å². The molecule has 0 saturated heterocycles. The molecule has 0 radical (unpaired) electrons. The molecule has 3 rings (SSSR count). The summed E-state index contributed by atoms with van der Waals surface area (Å²) in [5.74, 6) is -0.142. The van der Waals surface area contributed by atoms with Gasteiger partial charge in [-0.1, -0.05) is 6.58 Å². The number of anilines is 1. The Hall–Kier alpha value is -3.55. The van der Waals surface area contributed by atoms with Crippen LogP contribution in [0.2, 0.25) is 0 Å². The van der Waals surface area contributed by atoms with Gasteiger partial charge < -0.3 is 10.6 Å². The molecule has 26 heavy (non-hydrogen) atoms. The first-order valence-electron chi connectivity index (χ1n) is 8.01. The highest BCUT2D eigenvalue weighted by Crippen LogP contribution is 2.21. The van der Waals surface area contributed by atoms with Crippen molar-refractivity contribution in [2.75, 3.05) is 5.32 Å². The Morgan fingerprint density at radius 3 is 2.81 bits per heavy atom. The normalized spacial score (nSPS) is 10.7. The number of benzene rings is 1. The van der Waals surface area contributed by atoms with E-state index in [1.165, 1.54) is 12.3 Å². The number of nitrogens with one attached hydrogen (secondary N) is 2. The van der Waals surface area contributed by atoms with Crippen molar-refractivity contribution in [3.63, 3.8) is 0 Å². The fourth-order valence-corrected chi connectivity index (χ4v) is 2.38. The van der Waals surface area contributed by atoms with E-state index in [0.717, 1.165) is 11.0 Å². The summed E-state index contributed by atoms with van der Waals surface area (Å²) in [4.78, 5) is 36.4. The smallest absolute Gasteiger partial charge is 0.271 e. The van der Waals surface area contributed by atoms with E-state index in [-0.39, 0.29) is 23.6 Å². The second kappa shape index (κ2) is 7.14. The molecule has 0 atom stereocenters. The predicted molar refractivity (Wildman–Crippen MR) is 98.1 cm³/mol. The minimum atomic E-state index is -0.303. The monoisotopic (exact) mass is 350 g/mol. The van der Waals surface area contributed by atoms with Crippen molar-refractivity contribution in [1.29, 1.82) is 0 Å². The maximum atomic E-state index is 12.2. The largest absolute Gasteiger partial charge is 0.348 e. The van der Waals surface area contributed by atoms with E-state index < -0.39 is 0 Å². The highest BCUT2D eigenvalue weighted by molar-refractivity contribution is 6.00. The first kappa shape index (κ1) is 17.3. The molecule has 2 aromatic heterocycles. The van der Waals surface area contributed by atoms with Crippen LogP contribution < -0.4 is 10.6 Å². The number of carbonyl (C=O) groups excluding carboxylic acids is 2. The van der Waals surface area contributed by atoms with Gasteiger partial charge in [-0.05, 0) is 38.1 Å². The zero-order valence-corrected chi connectivity index (χ0v) is 14.4. The summed E-state index contributed by atoms with van der Waals surface area (Å²) in [5.41, 5.74) is 2.27. The van der Waals surface area contributed by atoms with Crippen LogP contribution in [0.3, 0.4) is 0 Å². The van der Waals surface area contributed by atoms with Gasteiger partial charge in [0.05, 0.1) is 23.4 Å². The number of hydrogen-bond acceptors (Lipinski definition) is 5. The maximum absolute atomic E-state index is 12.2. The van der Waals surface area contributed by atoms with E-state index in [4.69, 9.17) is 0 Å². The minimum absolute atomic E-state index is 0.00180. The summed E-state index contributed by atoms with van der Waals surface area (Å²) in [5, 5.41) is 5.49. The average Bonchev–Trinajstić information content (AvgIpc) is 3.04. The lowest BCUT2D eigenvalue weighted by Crippen LogP contribution is -2.31. The summed E-state index contributed by atoms with van der Waals surface area (Å²) in [7, 11) is 0. The topological polar surface area (TPSA) is 102 Å². The van der Waals surface area contributed by atoms with Crippen LogP contribution in [0.1, 0.15) is 24.3 Å². The Labute approximate surface area is 150 Å². The lowest BCUT2D eigenvalue weighted by atomic mass is 10.2. The van der Waals surface area contributed by atoms with Crippen molar-refractivity contribution in [2.45, 2.75) is 19.9 Å². The van der Waals surface area contributed by atoms with Crippen LogP contribution in [0.4, 0.5) is 5.69 Å². The number of amides is 2. The van der Waals surface area contributed by atoms with E-state index in [1.807, 2.05) is 13.8 Å². The highest BCUT2D eigenvalue weighted by Gasteiger charge is 2.13. The summed E-state index contributed by atoms with van der Waals surface area (Å²) in [6.45, 7) is 7.18. The fourth-order valence-electron chi connectivity index (χ4n) is 2.38. The Kier molecular flexibility index (Phi) is 4.74. The van der Waals surface area contributed by atoms with E-state index in [2.05, 4.69) is 32.2 Å². The highest BCUT2D eigenvalue weighted by atomic mass is 16.2. The third kappa shape index (κ3) is 3.59. The number of nitrogens with zero attached hydrogens (tertiary/aromatic N) is 4. The molecule has 0 bridgehead atoms. The maximum Gasteiger partial charge on any atom is 0.271 e. The van der Waals surface area contributed by atoms with Gasteiger partial charge in [-0.25, -0.2) is 9.97 Å². The van der Waals surface area contributed by atoms with Gasteiger partial charge in [-0.2, -0.15) is 0 Å². The molecule has 0 aliphatic rings. The number of rotatable bonds is 5. The van der Waals surface area contributed by atoms with Gasteiger partial charge in [0, 0.05) is 11.7 Å². The van der Waals surface area contributed by atoms with E-state index >= 15 is 0 Å². The molecule has 0 aliphatic heterocycles. The molecule has 2 N–H and O–H groups in total. The zero-order valence-electron chi connectivity index (χ0n) is 14.4.